The number of anilines is 1. The molecule has 16 heavy (non-hydrogen) atoms. The average molecular weight is 216 g/mol. The molecule has 1 amide bonds. The second-order valence-corrected chi connectivity index (χ2v) is 3.81. The lowest BCUT2D eigenvalue weighted by Crippen LogP contribution is -2.23. The van der Waals surface area contributed by atoms with Crippen molar-refractivity contribution in [2.75, 3.05) is 11.4 Å². The molecule has 0 bridgehead atoms. The van der Waals surface area contributed by atoms with Crippen molar-refractivity contribution in [2.24, 2.45) is 5.11 Å². The Kier molecular flexibility index (Phi) is 2.79. The summed E-state index contributed by atoms with van der Waals surface area (Å²) >= 11 is 0. The minimum Gasteiger partial charge on any atom is -0.312 e. The van der Waals surface area contributed by atoms with Crippen LogP contribution < -0.4 is 4.90 Å². The van der Waals surface area contributed by atoms with Gasteiger partial charge in [-0.3, -0.25) is 4.79 Å². The van der Waals surface area contributed by atoms with Crippen molar-refractivity contribution in [1.82, 2.24) is 0 Å². The van der Waals surface area contributed by atoms with Crippen LogP contribution in [0.3, 0.4) is 0 Å². The van der Waals surface area contributed by atoms with E-state index >= 15 is 0 Å². The Morgan fingerprint density at radius 3 is 2.94 bits per heavy atom. The van der Waals surface area contributed by atoms with E-state index in [1.165, 1.54) is 0 Å². The summed E-state index contributed by atoms with van der Waals surface area (Å²) in [7, 11) is 0. The molecule has 0 aliphatic carbocycles. The van der Waals surface area contributed by atoms with Crippen molar-refractivity contribution >= 4 is 17.3 Å². The van der Waals surface area contributed by atoms with Crippen molar-refractivity contribution in [3.8, 4) is 0 Å². The Morgan fingerprint density at radius 2 is 2.31 bits per heavy atom. The zero-order chi connectivity index (χ0) is 11.5. The molecule has 0 unspecified atom stereocenters. The van der Waals surface area contributed by atoms with Gasteiger partial charge in [-0.2, -0.15) is 0 Å². The molecule has 0 atom stereocenters. The molecular weight excluding hydrogens is 204 g/mol. The van der Waals surface area contributed by atoms with E-state index in [2.05, 4.69) is 10.0 Å². The molecule has 1 saturated heterocycles. The van der Waals surface area contributed by atoms with Crippen LogP contribution in [-0.2, 0) is 4.79 Å². The molecule has 5 nitrogen and oxygen atoms in total. The van der Waals surface area contributed by atoms with Crippen molar-refractivity contribution in [3.63, 3.8) is 0 Å². The van der Waals surface area contributed by atoms with E-state index in [4.69, 9.17) is 5.53 Å². The van der Waals surface area contributed by atoms with Gasteiger partial charge in [0.1, 0.15) is 0 Å². The summed E-state index contributed by atoms with van der Waals surface area (Å²) in [5.41, 5.74) is 10.7. The Morgan fingerprint density at radius 1 is 1.50 bits per heavy atom. The smallest absolute Gasteiger partial charge is 0.227 e. The summed E-state index contributed by atoms with van der Waals surface area (Å²) in [6.07, 6.45) is 1.49. The minimum absolute atomic E-state index is 0.135. The van der Waals surface area contributed by atoms with E-state index < -0.39 is 0 Å². The van der Waals surface area contributed by atoms with Crippen molar-refractivity contribution in [3.05, 3.63) is 34.2 Å². The standard InChI is InChI=1S/C11H12N4O/c1-8-4-5-9(7-10(8)13-14-12)15-6-2-3-11(15)16/h4-5,7H,2-3,6H2,1H3. The Bertz CT molecular complexity index is 477. The number of carbonyl (C=O) groups excluding carboxylic acids is 1. The predicted molar refractivity (Wildman–Crippen MR) is 61.6 cm³/mol. The highest BCUT2D eigenvalue weighted by atomic mass is 16.2. The lowest BCUT2D eigenvalue weighted by molar-refractivity contribution is -0.117. The molecular formula is C11H12N4O. The molecule has 1 aliphatic rings. The Hall–Kier alpha value is -2.00. The number of benzene rings is 1. The molecule has 1 heterocycles. The maximum absolute atomic E-state index is 11.6. The molecule has 1 aromatic rings. The molecule has 1 aromatic carbocycles. The van der Waals surface area contributed by atoms with Gasteiger partial charge in [0.25, 0.3) is 0 Å². The van der Waals surface area contributed by atoms with Gasteiger partial charge in [0.2, 0.25) is 5.91 Å². The lowest BCUT2D eigenvalue weighted by Gasteiger charge is -2.16. The monoisotopic (exact) mass is 216 g/mol. The van der Waals surface area contributed by atoms with Crippen LogP contribution in [0.25, 0.3) is 10.4 Å². The number of carbonyl (C=O) groups is 1. The number of azide groups is 1. The molecule has 82 valence electrons. The van der Waals surface area contributed by atoms with E-state index in [0.717, 1.165) is 24.2 Å². The van der Waals surface area contributed by atoms with E-state index in [1.54, 1.807) is 11.0 Å². The second-order valence-electron chi connectivity index (χ2n) is 3.81. The quantitative estimate of drug-likeness (QED) is 0.425. The van der Waals surface area contributed by atoms with Gasteiger partial charge in [-0.1, -0.05) is 11.2 Å². The number of amides is 1. The van der Waals surface area contributed by atoms with E-state index in [-0.39, 0.29) is 5.91 Å². The number of hydrogen-bond donors (Lipinski definition) is 0. The van der Waals surface area contributed by atoms with Crippen LogP contribution >= 0.6 is 0 Å². The van der Waals surface area contributed by atoms with Gasteiger partial charge >= 0.3 is 0 Å². The molecule has 5 heteroatoms. The fourth-order valence-corrected chi connectivity index (χ4v) is 1.84. The zero-order valence-electron chi connectivity index (χ0n) is 9.05. The maximum atomic E-state index is 11.6. The number of aryl methyl sites for hydroxylation is 1. The first kappa shape index (κ1) is 10.5. The summed E-state index contributed by atoms with van der Waals surface area (Å²) in [5.74, 6) is 0.135. The molecule has 1 aliphatic heterocycles. The van der Waals surface area contributed by atoms with Crippen molar-refractivity contribution < 1.29 is 4.79 Å². The fourth-order valence-electron chi connectivity index (χ4n) is 1.84. The third-order valence-corrected chi connectivity index (χ3v) is 2.73. The predicted octanol–water partition coefficient (Wildman–Crippen LogP) is 3.06. The minimum atomic E-state index is 0.135. The highest BCUT2D eigenvalue weighted by Gasteiger charge is 2.21. The van der Waals surface area contributed by atoms with Crippen LogP contribution in [0.5, 0.6) is 0 Å². The summed E-state index contributed by atoms with van der Waals surface area (Å²) in [6, 6.07) is 5.51. The third-order valence-electron chi connectivity index (χ3n) is 2.73. The summed E-state index contributed by atoms with van der Waals surface area (Å²) in [5, 5.41) is 3.61. The highest BCUT2D eigenvalue weighted by Crippen LogP contribution is 2.28. The van der Waals surface area contributed by atoms with Crippen LogP contribution in [0.15, 0.2) is 23.3 Å². The molecule has 0 aromatic heterocycles. The summed E-state index contributed by atoms with van der Waals surface area (Å²) in [4.78, 5) is 16.1. The SMILES string of the molecule is Cc1ccc(N2CCCC2=O)cc1N=[N+]=[N-]. The first-order chi connectivity index (χ1) is 7.72. The molecule has 2 rings (SSSR count). The van der Waals surface area contributed by atoms with E-state index in [9.17, 15) is 4.79 Å². The first-order valence-electron chi connectivity index (χ1n) is 5.18. The Labute approximate surface area is 93.3 Å². The van der Waals surface area contributed by atoms with Crippen molar-refractivity contribution in [2.45, 2.75) is 19.8 Å². The third kappa shape index (κ3) is 1.85. The second kappa shape index (κ2) is 4.24. The maximum Gasteiger partial charge on any atom is 0.227 e. The topological polar surface area (TPSA) is 69.1 Å². The zero-order valence-corrected chi connectivity index (χ0v) is 9.05. The van der Waals surface area contributed by atoms with Crippen LogP contribution in [-0.4, -0.2) is 12.5 Å². The molecule has 0 N–H and O–H groups in total. The highest BCUT2D eigenvalue weighted by molar-refractivity contribution is 5.95. The van der Waals surface area contributed by atoms with Crippen LogP contribution in [0.2, 0.25) is 0 Å². The van der Waals surface area contributed by atoms with Gasteiger partial charge in [-0.05, 0) is 36.6 Å². The number of nitrogens with zero attached hydrogens (tertiary/aromatic N) is 4. The number of hydrogen-bond acceptors (Lipinski definition) is 2. The van der Waals surface area contributed by atoms with Crippen LogP contribution in [0.1, 0.15) is 18.4 Å². The largest absolute Gasteiger partial charge is 0.312 e. The first-order valence-corrected chi connectivity index (χ1v) is 5.18. The van der Waals surface area contributed by atoms with Gasteiger partial charge in [-0.25, -0.2) is 0 Å². The van der Waals surface area contributed by atoms with Gasteiger partial charge in [0.15, 0.2) is 0 Å². The van der Waals surface area contributed by atoms with Crippen LogP contribution in [0, 0.1) is 6.92 Å². The Balaban J connectivity index is 2.38. The lowest BCUT2D eigenvalue weighted by atomic mass is 10.2. The van der Waals surface area contributed by atoms with Gasteiger partial charge in [-0.15, -0.1) is 0 Å². The molecule has 0 radical (unpaired) electrons. The van der Waals surface area contributed by atoms with Crippen molar-refractivity contribution in [1.29, 1.82) is 0 Å². The number of rotatable bonds is 2. The molecule has 1 fully saturated rings. The normalized spacial score (nSPS) is 15.1. The fraction of sp³-hybridized carbons (Fsp3) is 0.364. The van der Waals surface area contributed by atoms with Gasteiger partial charge in [0, 0.05) is 29.3 Å². The molecule has 0 spiro atoms. The average Bonchev–Trinajstić information content (AvgIpc) is 2.68. The summed E-state index contributed by atoms with van der Waals surface area (Å²) < 4.78 is 0. The van der Waals surface area contributed by atoms with Crippen LogP contribution in [0.4, 0.5) is 11.4 Å². The van der Waals surface area contributed by atoms with E-state index in [0.29, 0.717) is 12.1 Å². The molecule has 0 saturated carbocycles. The van der Waals surface area contributed by atoms with E-state index in [1.807, 2.05) is 19.1 Å². The summed E-state index contributed by atoms with van der Waals surface area (Å²) in [6.45, 7) is 2.62. The van der Waals surface area contributed by atoms with Gasteiger partial charge < -0.3 is 4.90 Å². The van der Waals surface area contributed by atoms with Gasteiger partial charge in [0.05, 0.1) is 0 Å².